The first-order valence-electron chi connectivity index (χ1n) is 5.30. The van der Waals surface area contributed by atoms with Gasteiger partial charge in [0.15, 0.2) is 0 Å². The van der Waals surface area contributed by atoms with Gasteiger partial charge in [-0.25, -0.2) is 0 Å². The second kappa shape index (κ2) is 4.59. The van der Waals surface area contributed by atoms with Crippen LogP contribution in [0.1, 0.15) is 42.0 Å². The Bertz CT molecular complexity index is 471. The number of hydrogen-bond donors (Lipinski definition) is 0. The van der Waals surface area contributed by atoms with Crippen LogP contribution in [0.25, 0.3) is 0 Å². The Morgan fingerprint density at radius 1 is 1.12 bits per heavy atom. The number of nitrogens with zero attached hydrogens (tertiary/aromatic N) is 3. The lowest BCUT2D eigenvalue weighted by Gasteiger charge is -2.16. The molecule has 0 aliphatic carbocycles. The van der Waals surface area contributed by atoms with Crippen LogP contribution < -0.4 is 0 Å². The zero-order valence-electron chi connectivity index (χ0n) is 8.85. The number of nitriles is 2. The number of aliphatic imine (C=N–C) groups is 1. The molecule has 0 N–H and O–H groups in total. The first-order chi connectivity index (χ1) is 7.83. The van der Waals surface area contributed by atoms with Crippen molar-refractivity contribution in [1.29, 1.82) is 10.5 Å². The lowest BCUT2D eigenvalue weighted by atomic mass is 9.96. The predicted octanol–water partition coefficient (Wildman–Crippen LogP) is 2.73. The topological polar surface area (TPSA) is 59.9 Å². The van der Waals surface area contributed by atoms with Gasteiger partial charge in [-0.15, -0.1) is 0 Å². The van der Waals surface area contributed by atoms with Crippen molar-refractivity contribution in [3.05, 3.63) is 34.9 Å². The molecule has 1 aliphatic rings. The first-order valence-corrected chi connectivity index (χ1v) is 5.30. The summed E-state index contributed by atoms with van der Waals surface area (Å²) in [7, 11) is 0. The summed E-state index contributed by atoms with van der Waals surface area (Å²) in [5.74, 6) is 0. The summed E-state index contributed by atoms with van der Waals surface area (Å²) in [6.45, 7) is 0. The molecule has 78 valence electrons. The molecule has 0 bridgehead atoms. The lowest BCUT2D eigenvalue weighted by Crippen LogP contribution is -2.02. The van der Waals surface area contributed by atoms with Gasteiger partial charge in [0.05, 0.1) is 29.3 Å². The summed E-state index contributed by atoms with van der Waals surface area (Å²) < 4.78 is 0. The first kappa shape index (κ1) is 10.4. The molecule has 3 nitrogen and oxygen atoms in total. The standard InChI is InChI=1S/C13H11N3/c14-8-10-5-11(9-15)7-12(6-10)13-3-1-2-4-16-13/h4-7,13H,1-3H2. The highest BCUT2D eigenvalue weighted by Crippen LogP contribution is 2.27. The third-order valence-corrected chi connectivity index (χ3v) is 2.69. The Morgan fingerprint density at radius 2 is 1.81 bits per heavy atom. The second-order valence-electron chi connectivity index (χ2n) is 3.85. The van der Waals surface area contributed by atoms with Crippen LogP contribution in [0.5, 0.6) is 0 Å². The van der Waals surface area contributed by atoms with E-state index in [4.69, 9.17) is 10.5 Å². The van der Waals surface area contributed by atoms with E-state index in [-0.39, 0.29) is 6.04 Å². The van der Waals surface area contributed by atoms with Crippen LogP contribution in [-0.2, 0) is 0 Å². The van der Waals surface area contributed by atoms with Gasteiger partial charge in [-0.05, 0) is 49.2 Å². The van der Waals surface area contributed by atoms with Gasteiger partial charge in [-0.1, -0.05) is 0 Å². The van der Waals surface area contributed by atoms with Gasteiger partial charge in [0.25, 0.3) is 0 Å². The molecular weight excluding hydrogens is 198 g/mol. The fourth-order valence-electron chi connectivity index (χ4n) is 1.90. The summed E-state index contributed by atoms with van der Waals surface area (Å²) in [4.78, 5) is 4.41. The van der Waals surface area contributed by atoms with Crippen LogP contribution in [0.2, 0.25) is 0 Å². The van der Waals surface area contributed by atoms with Crippen molar-refractivity contribution < 1.29 is 0 Å². The zero-order valence-corrected chi connectivity index (χ0v) is 8.85. The van der Waals surface area contributed by atoms with Crippen molar-refractivity contribution in [2.75, 3.05) is 0 Å². The van der Waals surface area contributed by atoms with E-state index in [2.05, 4.69) is 17.1 Å². The Morgan fingerprint density at radius 3 is 2.31 bits per heavy atom. The molecule has 1 aliphatic heterocycles. The summed E-state index contributed by atoms with van der Waals surface area (Å²) in [6, 6.07) is 9.54. The molecule has 1 unspecified atom stereocenters. The van der Waals surface area contributed by atoms with E-state index >= 15 is 0 Å². The highest BCUT2D eigenvalue weighted by Gasteiger charge is 2.13. The van der Waals surface area contributed by atoms with E-state index in [1.165, 1.54) is 0 Å². The quantitative estimate of drug-likeness (QED) is 0.713. The highest BCUT2D eigenvalue weighted by atomic mass is 14.8. The molecule has 1 heterocycles. The molecule has 0 spiro atoms. The Hall–Kier alpha value is -2.13. The van der Waals surface area contributed by atoms with Crippen LogP contribution in [-0.4, -0.2) is 6.21 Å². The maximum absolute atomic E-state index is 8.88. The van der Waals surface area contributed by atoms with Gasteiger partial charge < -0.3 is 0 Å². The molecule has 0 aromatic heterocycles. The van der Waals surface area contributed by atoms with E-state index in [1.807, 2.05) is 18.3 Å². The summed E-state index contributed by atoms with van der Waals surface area (Å²) in [6.07, 6.45) is 5.07. The van der Waals surface area contributed by atoms with Gasteiger partial charge in [0, 0.05) is 0 Å². The normalized spacial score (nSPS) is 18.8. The van der Waals surface area contributed by atoms with Crippen LogP contribution in [0.3, 0.4) is 0 Å². The summed E-state index contributed by atoms with van der Waals surface area (Å²) in [5, 5.41) is 17.8. The minimum Gasteiger partial charge on any atom is -0.289 e. The molecule has 0 fully saturated rings. The number of hydrogen-bond acceptors (Lipinski definition) is 3. The van der Waals surface area contributed by atoms with E-state index in [9.17, 15) is 0 Å². The Kier molecular flexibility index (Phi) is 2.98. The Balaban J connectivity index is 2.41. The van der Waals surface area contributed by atoms with Crippen LogP contribution in [0, 0.1) is 22.7 Å². The van der Waals surface area contributed by atoms with Gasteiger partial charge in [0.1, 0.15) is 0 Å². The van der Waals surface area contributed by atoms with Crippen molar-refractivity contribution in [3.63, 3.8) is 0 Å². The smallest absolute Gasteiger partial charge is 0.0992 e. The predicted molar refractivity (Wildman–Crippen MR) is 61.0 cm³/mol. The van der Waals surface area contributed by atoms with Crippen LogP contribution in [0.15, 0.2) is 23.2 Å². The van der Waals surface area contributed by atoms with Crippen molar-refractivity contribution >= 4 is 6.21 Å². The van der Waals surface area contributed by atoms with Gasteiger partial charge in [-0.3, -0.25) is 4.99 Å². The third-order valence-electron chi connectivity index (χ3n) is 2.69. The average Bonchev–Trinajstić information content (AvgIpc) is 2.39. The molecule has 1 atom stereocenters. The van der Waals surface area contributed by atoms with Gasteiger partial charge in [-0.2, -0.15) is 10.5 Å². The fraction of sp³-hybridized carbons (Fsp3) is 0.308. The molecule has 2 rings (SSSR count). The second-order valence-corrected chi connectivity index (χ2v) is 3.85. The minimum atomic E-state index is 0.120. The van der Waals surface area contributed by atoms with E-state index in [1.54, 1.807) is 6.07 Å². The number of benzene rings is 1. The maximum Gasteiger partial charge on any atom is 0.0992 e. The fourth-order valence-corrected chi connectivity index (χ4v) is 1.90. The van der Waals surface area contributed by atoms with Crippen molar-refractivity contribution in [2.24, 2.45) is 4.99 Å². The van der Waals surface area contributed by atoms with Crippen LogP contribution >= 0.6 is 0 Å². The molecule has 0 saturated heterocycles. The molecule has 3 heteroatoms. The molecule has 1 aromatic rings. The number of rotatable bonds is 1. The molecule has 0 amide bonds. The molecule has 16 heavy (non-hydrogen) atoms. The minimum absolute atomic E-state index is 0.120. The zero-order chi connectivity index (χ0) is 11.4. The van der Waals surface area contributed by atoms with E-state index < -0.39 is 0 Å². The lowest BCUT2D eigenvalue weighted by molar-refractivity contribution is 0.603. The van der Waals surface area contributed by atoms with Crippen molar-refractivity contribution in [3.8, 4) is 12.1 Å². The Labute approximate surface area is 94.7 Å². The van der Waals surface area contributed by atoms with Crippen LogP contribution in [0.4, 0.5) is 0 Å². The van der Waals surface area contributed by atoms with Crippen molar-refractivity contribution in [1.82, 2.24) is 0 Å². The maximum atomic E-state index is 8.88. The average molecular weight is 209 g/mol. The van der Waals surface area contributed by atoms with Crippen molar-refractivity contribution in [2.45, 2.75) is 25.3 Å². The van der Waals surface area contributed by atoms with E-state index in [0.717, 1.165) is 24.8 Å². The monoisotopic (exact) mass is 209 g/mol. The largest absolute Gasteiger partial charge is 0.289 e. The molecule has 0 saturated carbocycles. The van der Waals surface area contributed by atoms with E-state index in [0.29, 0.717) is 11.1 Å². The molecular formula is C13H11N3. The highest BCUT2D eigenvalue weighted by molar-refractivity contribution is 5.59. The summed E-state index contributed by atoms with van der Waals surface area (Å²) in [5.41, 5.74) is 2.05. The molecule has 0 radical (unpaired) electrons. The molecule has 1 aromatic carbocycles. The van der Waals surface area contributed by atoms with Gasteiger partial charge in [0.2, 0.25) is 0 Å². The van der Waals surface area contributed by atoms with Gasteiger partial charge >= 0.3 is 0 Å². The summed E-state index contributed by atoms with van der Waals surface area (Å²) >= 11 is 0. The SMILES string of the molecule is N#Cc1cc(C#N)cc(C2CCCC=N2)c1. The third kappa shape index (κ3) is 2.10.